The second kappa shape index (κ2) is 7.90. The van der Waals surface area contributed by atoms with Crippen molar-refractivity contribution < 1.29 is 15.3 Å². The van der Waals surface area contributed by atoms with E-state index in [0.717, 1.165) is 25.8 Å². The fraction of sp³-hybridized carbons (Fsp3) is 0.647. The van der Waals surface area contributed by atoms with Gasteiger partial charge in [0.05, 0.1) is 12.2 Å². The molecule has 0 aromatic heterocycles. The van der Waals surface area contributed by atoms with Gasteiger partial charge in [-0.25, -0.2) is 0 Å². The Morgan fingerprint density at radius 1 is 1.00 bits per heavy atom. The Morgan fingerprint density at radius 3 is 2.43 bits per heavy atom. The molecule has 0 radical (unpaired) electrons. The van der Waals surface area contributed by atoms with E-state index in [1.165, 1.54) is 5.56 Å². The van der Waals surface area contributed by atoms with Crippen molar-refractivity contribution in [1.82, 2.24) is 5.32 Å². The summed E-state index contributed by atoms with van der Waals surface area (Å²) in [6, 6.07) is 10.3. The van der Waals surface area contributed by atoms with Crippen LogP contribution in [0.1, 0.15) is 31.7 Å². The molecule has 0 bridgehead atoms. The lowest BCUT2D eigenvalue weighted by atomic mass is 9.80. The molecule has 0 amide bonds. The number of aliphatic hydroxyl groups excluding tert-OH is 3. The second-order valence-electron chi connectivity index (χ2n) is 6.19. The van der Waals surface area contributed by atoms with Gasteiger partial charge in [0.2, 0.25) is 0 Å². The maximum atomic E-state index is 9.99. The molecule has 1 aliphatic rings. The number of nitrogens with one attached hydrogen (secondary N) is 1. The molecule has 1 saturated carbocycles. The average Bonchev–Trinajstić information content (AvgIpc) is 2.50. The molecule has 0 aliphatic heterocycles. The number of hydrogen-bond acceptors (Lipinski definition) is 4. The van der Waals surface area contributed by atoms with E-state index < -0.39 is 18.3 Å². The van der Waals surface area contributed by atoms with E-state index in [9.17, 15) is 15.3 Å². The monoisotopic (exact) mass is 293 g/mol. The molecule has 0 saturated heterocycles. The van der Waals surface area contributed by atoms with Gasteiger partial charge in [-0.1, -0.05) is 37.3 Å². The predicted octanol–water partition coefficient (Wildman–Crippen LogP) is 1.09. The Balaban J connectivity index is 1.66. The van der Waals surface area contributed by atoms with Gasteiger partial charge in [-0.3, -0.25) is 0 Å². The number of benzene rings is 1. The van der Waals surface area contributed by atoms with Crippen LogP contribution in [-0.4, -0.2) is 46.2 Å². The third kappa shape index (κ3) is 4.51. The third-order valence-electron chi connectivity index (χ3n) is 4.46. The molecule has 1 aromatic carbocycles. The minimum absolute atomic E-state index is 0.00483. The van der Waals surface area contributed by atoms with Crippen LogP contribution in [-0.2, 0) is 6.42 Å². The standard InChI is InChI=1S/C17H27NO3/c1-12-11-14(16(20)17(21)15(12)19)18-10-6-5-9-13-7-3-2-4-8-13/h2-4,7-8,12,14-21H,5-6,9-11H2,1H3/t12-,14+,15-,16-,17-/m0/s1. The predicted molar refractivity (Wildman–Crippen MR) is 83.0 cm³/mol. The smallest absolute Gasteiger partial charge is 0.107 e. The van der Waals surface area contributed by atoms with Gasteiger partial charge in [-0.2, -0.15) is 0 Å². The van der Waals surface area contributed by atoms with Gasteiger partial charge in [0, 0.05) is 6.04 Å². The quantitative estimate of drug-likeness (QED) is 0.593. The summed E-state index contributed by atoms with van der Waals surface area (Å²) in [5, 5.41) is 32.8. The van der Waals surface area contributed by atoms with Gasteiger partial charge in [0.15, 0.2) is 0 Å². The molecule has 1 aromatic rings. The van der Waals surface area contributed by atoms with Crippen LogP contribution >= 0.6 is 0 Å². The van der Waals surface area contributed by atoms with Gasteiger partial charge in [0.1, 0.15) is 6.10 Å². The van der Waals surface area contributed by atoms with Crippen molar-refractivity contribution in [2.24, 2.45) is 5.92 Å². The highest BCUT2D eigenvalue weighted by atomic mass is 16.4. The van der Waals surface area contributed by atoms with E-state index in [-0.39, 0.29) is 12.0 Å². The summed E-state index contributed by atoms with van der Waals surface area (Å²) in [5.74, 6) is 0.00483. The molecule has 1 fully saturated rings. The van der Waals surface area contributed by atoms with Crippen molar-refractivity contribution in [1.29, 1.82) is 0 Å². The summed E-state index contributed by atoms with van der Waals surface area (Å²) in [7, 11) is 0. The lowest BCUT2D eigenvalue weighted by Gasteiger charge is -2.39. The molecule has 1 aliphatic carbocycles. The molecule has 0 spiro atoms. The van der Waals surface area contributed by atoms with Crippen molar-refractivity contribution >= 4 is 0 Å². The molecule has 0 heterocycles. The molecule has 4 N–H and O–H groups in total. The van der Waals surface area contributed by atoms with Gasteiger partial charge in [-0.05, 0) is 43.7 Å². The largest absolute Gasteiger partial charge is 0.390 e. The highest BCUT2D eigenvalue weighted by Crippen LogP contribution is 2.25. The van der Waals surface area contributed by atoms with E-state index in [0.29, 0.717) is 6.42 Å². The zero-order chi connectivity index (χ0) is 15.2. The molecule has 2 rings (SSSR count). The van der Waals surface area contributed by atoms with Crippen LogP contribution < -0.4 is 5.32 Å². The van der Waals surface area contributed by atoms with Crippen molar-refractivity contribution in [3.8, 4) is 0 Å². The van der Waals surface area contributed by atoms with Crippen LogP contribution in [0.25, 0.3) is 0 Å². The zero-order valence-corrected chi connectivity index (χ0v) is 12.7. The van der Waals surface area contributed by atoms with E-state index in [1.54, 1.807) is 0 Å². The van der Waals surface area contributed by atoms with Crippen LogP contribution in [0.4, 0.5) is 0 Å². The van der Waals surface area contributed by atoms with Crippen molar-refractivity contribution in [2.45, 2.75) is 57.0 Å². The van der Waals surface area contributed by atoms with E-state index >= 15 is 0 Å². The van der Waals surface area contributed by atoms with Crippen molar-refractivity contribution in [3.63, 3.8) is 0 Å². The molecule has 0 unspecified atom stereocenters. The molecular weight excluding hydrogens is 266 g/mol. The van der Waals surface area contributed by atoms with E-state index in [2.05, 4.69) is 29.6 Å². The lowest BCUT2D eigenvalue weighted by molar-refractivity contribution is -0.119. The minimum Gasteiger partial charge on any atom is -0.390 e. The van der Waals surface area contributed by atoms with Crippen molar-refractivity contribution in [2.75, 3.05) is 6.54 Å². The number of aryl methyl sites for hydroxylation is 1. The minimum atomic E-state index is -1.05. The maximum Gasteiger partial charge on any atom is 0.107 e. The molecule has 4 heteroatoms. The summed E-state index contributed by atoms with van der Waals surface area (Å²) < 4.78 is 0. The molecule has 5 atom stereocenters. The van der Waals surface area contributed by atoms with Gasteiger partial charge in [0.25, 0.3) is 0 Å². The summed E-state index contributed by atoms with van der Waals surface area (Å²) in [4.78, 5) is 0. The molecular formula is C17H27NO3. The first kappa shape index (κ1) is 16.4. The maximum absolute atomic E-state index is 9.99. The molecule has 118 valence electrons. The molecule has 21 heavy (non-hydrogen) atoms. The first-order valence-corrected chi connectivity index (χ1v) is 7.91. The van der Waals surface area contributed by atoms with E-state index in [1.807, 2.05) is 13.0 Å². The first-order chi connectivity index (χ1) is 10.1. The Kier molecular flexibility index (Phi) is 6.18. The number of unbranched alkanes of at least 4 members (excludes halogenated alkanes) is 1. The summed E-state index contributed by atoms with van der Waals surface area (Å²) in [6.07, 6.45) is 1.13. The van der Waals surface area contributed by atoms with Crippen LogP contribution in [0, 0.1) is 5.92 Å². The van der Waals surface area contributed by atoms with Crippen molar-refractivity contribution in [3.05, 3.63) is 35.9 Å². The van der Waals surface area contributed by atoms with Crippen LogP contribution in [0.5, 0.6) is 0 Å². The van der Waals surface area contributed by atoms with Gasteiger partial charge in [-0.15, -0.1) is 0 Å². The normalized spacial score (nSPS) is 33.0. The number of rotatable bonds is 6. The fourth-order valence-electron chi connectivity index (χ4n) is 3.05. The Bertz CT molecular complexity index is 412. The van der Waals surface area contributed by atoms with Gasteiger partial charge >= 0.3 is 0 Å². The zero-order valence-electron chi connectivity index (χ0n) is 12.7. The first-order valence-electron chi connectivity index (χ1n) is 7.91. The van der Waals surface area contributed by atoms with Gasteiger partial charge < -0.3 is 20.6 Å². The second-order valence-corrected chi connectivity index (χ2v) is 6.19. The SMILES string of the molecule is C[C@H]1C[C@@H](NCCCCc2ccccc2)[C@H](O)[C@@H](O)[C@H]1O. The van der Waals surface area contributed by atoms with Crippen LogP contribution in [0.2, 0.25) is 0 Å². The van der Waals surface area contributed by atoms with Crippen LogP contribution in [0.15, 0.2) is 30.3 Å². The van der Waals surface area contributed by atoms with E-state index in [4.69, 9.17) is 0 Å². The Hall–Kier alpha value is -0.940. The third-order valence-corrected chi connectivity index (χ3v) is 4.46. The summed E-state index contributed by atoms with van der Waals surface area (Å²) in [6.45, 7) is 2.73. The average molecular weight is 293 g/mol. The Labute approximate surface area is 126 Å². The highest BCUT2D eigenvalue weighted by Gasteiger charge is 2.40. The summed E-state index contributed by atoms with van der Waals surface area (Å²) >= 11 is 0. The fourth-order valence-corrected chi connectivity index (χ4v) is 3.05. The number of aliphatic hydroxyl groups is 3. The Morgan fingerprint density at radius 2 is 1.71 bits per heavy atom. The number of hydrogen-bond donors (Lipinski definition) is 4. The summed E-state index contributed by atoms with van der Waals surface area (Å²) in [5.41, 5.74) is 1.35. The van der Waals surface area contributed by atoms with Crippen LogP contribution in [0.3, 0.4) is 0 Å². The topological polar surface area (TPSA) is 72.7 Å². The highest BCUT2D eigenvalue weighted by molar-refractivity contribution is 5.14. The molecule has 4 nitrogen and oxygen atoms in total. The lowest BCUT2D eigenvalue weighted by Crippen LogP contribution is -2.57.